The van der Waals surface area contributed by atoms with Gasteiger partial charge in [0.15, 0.2) is 0 Å². The van der Waals surface area contributed by atoms with E-state index in [1.54, 1.807) is 0 Å². The molecule has 18 heavy (non-hydrogen) atoms. The number of nitrogens with zero attached hydrogens (tertiary/aromatic N) is 2. The van der Waals surface area contributed by atoms with Gasteiger partial charge in [-0.1, -0.05) is 23.4 Å². The van der Waals surface area contributed by atoms with E-state index in [1.807, 2.05) is 53.2 Å². The lowest BCUT2D eigenvalue weighted by Crippen LogP contribution is -2.04. The highest BCUT2D eigenvalue weighted by Crippen LogP contribution is 2.10. The number of rotatable bonds is 5. The van der Waals surface area contributed by atoms with Crippen LogP contribution in [0.3, 0.4) is 0 Å². The highest BCUT2D eigenvalue weighted by atomic mass is 16.6. The van der Waals surface area contributed by atoms with Gasteiger partial charge in [0.2, 0.25) is 6.61 Å². The average Bonchev–Trinajstić information content (AvgIpc) is 2.84. The molecule has 0 amide bonds. The van der Waals surface area contributed by atoms with E-state index in [9.17, 15) is 4.79 Å². The molecule has 0 spiro atoms. The number of carboxylic acid groups (broad SMARTS) is 1. The van der Waals surface area contributed by atoms with Crippen LogP contribution < -0.4 is 0 Å². The zero-order chi connectivity index (χ0) is 12.8. The zero-order valence-electron chi connectivity index (χ0n) is 9.56. The molecule has 0 aliphatic rings. The molecule has 0 saturated carbocycles. The molecular formula is C13H12N2O3. The number of hydrogen-bond donors (Lipinski definition) is 1. The smallest absolute Gasteiger partial charge is 0.344 e. The summed E-state index contributed by atoms with van der Waals surface area (Å²) in [7, 11) is 0. The van der Waals surface area contributed by atoms with Crippen molar-refractivity contribution in [2.45, 2.75) is 0 Å². The van der Waals surface area contributed by atoms with Crippen LogP contribution in [0.15, 0.2) is 53.8 Å². The van der Waals surface area contributed by atoms with Crippen LogP contribution in [0.4, 0.5) is 0 Å². The van der Waals surface area contributed by atoms with Crippen molar-refractivity contribution in [3.8, 4) is 5.69 Å². The van der Waals surface area contributed by atoms with Gasteiger partial charge in [-0.3, -0.25) is 0 Å². The largest absolute Gasteiger partial charge is 0.479 e. The van der Waals surface area contributed by atoms with Gasteiger partial charge in [-0.05, 0) is 24.3 Å². The Hall–Kier alpha value is -2.56. The Labute approximate surface area is 104 Å². The third-order valence-corrected chi connectivity index (χ3v) is 2.26. The third kappa shape index (κ3) is 2.98. The first-order chi connectivity index (χ1) is 8.77. The van der Waals surface area contributed by atoms with Crippen LogP contribution in [-0.4, -0.2) is 28.5 Å². The van der Waals surface area contributed by atoms with Gasteiger partial charge in [-0.15, -0.1) is 0 Å². The molecule has 1 N–H and O–H groups in total. The predicted molar refractivity (Wildman–Crippen MR) is 67.0 cm³/mol. The number of carbonyl (C=O) groups is 1. The average molecular weight is 244 g/mol. The molecule has 0 aliphatic heterocycles. The van der Waals surface area contributed by atoms with Crippen molar-refractivity contribution < 1.29 is 14.7 Å². The molecule has 0 bridgehead atoms. The maximum Gasteiger partial charge on any atom is 0.344 e. The normalized spacial score (nSPS) is 10.7. The number of para-hydroxylation sites is 1. The fourth-order valence-electron chi connectivity index (χ4n) is 1.51. The molecule has 0 saturated heterocycles. The summed E-state index contributed by atoms with van der Waals surface area (Å²) in [5, 5.41) is 12.0. The van der Waals surface area contributed by atoms with Crippen LogP contribution in [0.2, 0.25) is 0 Å². The van der Waals surface area contributed by atoms with E-state index in [0.717, 1.165) is 11.4 Å². The zero-order valence-corrected chi connectivity index (χ0v) is 9.56. The number of aromatic nitrogens is 1. The summed E-state index contributed by atoms with van der Waals surface area (Å²) in [5.41, 5.74) is 1.81. The van der Waals surface area contributed by atoms with E-state index in [4.69, 9.17) is 5.11 Å². The first-order valence-corrected chi connectivity index (χ1v) is 5.37. The van der Waals surface area contributed by atoms with Crippen molar-refractivity contribution in [2.24, 2.45) is 5.16 Å². The van der Waals surface area contributed by atoms with Gasteiger partial charge in [0.1, 0.15) is 0 Å². The molecule has 1 aromatic carbocycles. The van der Waals surface area contributed by atoms with Crippen LogP contribution in [0.25, 0.3) is 5.69 Å². The van der Waals surface area contributed by atoms with Gasteiger partial charge in [-0.25, -0.2) is 4.79 Å². The maximum atomic E-state index is 10.2. The molecule has 1 heterocycles. The van der Waals surface area contributed by atoms with Crippen molar-refractivity contribution in [1.29, 1.82) is 0 Å². The first kappa shape index (κ1) is 11.9. The summed E-state index contributed by atoms with van der Waals surface area (Å²) in [4.78, 5) is 14.9. The second-order valence-electron chi connectivity index (χ2n) is 3.54. The molecule has 2 rings (SSSR count). The molecule has 1 aromatic heterocycles. The number of hydrogen-bond acceptors (Lipinski definition) is 3. The molecule has 0 radical (unpaired) electrons. The molecule has 92 valence electrons. The lowest BCUT2D eigenvalue weighted by Gasteiger charge is -2.05. The number of aliphatic carboxylic acids is 1. The van der Waals surface area contributed by atoms with Crippen LogP contribution in [-0.2, 0) is 9.63 Å². The molecule has 2 aromatic rings. The number of oxime groups is 1. The Morgan fingerprint density at radius 3 is 2.78 bits per heavy atom. The number of benzene rings is 1. The maximum absolute atomic E-state index is 10.2. The fraction of sp³-hybridized carbons (Fsp3) is 0.0769. The van der Waals surface area contributed by atoms with Gasteiger partial charge in [0.05, 0.1) is 11.9 Å². The van der Waals surface area contributed by atoms with Gasteiger partial charge < -0.3 is 14.5 Å². The minimum Gasteiger partial charge on any atom is -0.479 e. The Bertz CT molecular complexity index is 546. The second-order valence-corrected chi connectivity index (χ2v) is 3.54. The molecule has 5 heteroatoms. The molecular weight excluding hydrogens is 232 g/mol. The lowest BCUT2D eigenvalue weighted by molar-refractivity contribution is -0.142. The summed E-state index contributed by atoms with van der Waals surface area (Å²) in [6.45, 7) is -0.442. The molecule has 0 unspecified atom stereocenters. The van der Waals surface area contributed by atoms with Crippen molar-refractivity contribution >= 4 is 12.2 Å². The summed E-state index contributed by atoms with van der Waals surface area (Å²) >= 11 is 0. The van der Waals surface area contributed by atoms with E-state index >= 15 is 0 Å². The van der Waals surface area contributed by atoms with Crippen LogP contribution in [0.5, 0.6) is 0 Å². The van der Waals surface area contributed by atoms with E-state index < -0.39 is 12.6 Å². The quantitative estimate of drug-likeness (QED) is 0.645. The summed E-state index contributed by atoms with van der Waals surface area (Å²) < 4.78 is 1.92. The van der Waals surface area contributed by atoms with Gasteiger partial charge in [-0.2, -0.15) is 0 Å². The minimum atomic E-state index is -1.05. The van der Waals surface area contributed by atoms with Crippen LogP contribution in [0, 0.1) is 0 Å². The summed E-state index contributed by atoms with van der Waals surface area (Å²) in [5.74, 6) is -1.05. The van der Waals surface area contributed by atoms with Crippen molar-refractivity contribution in [1.82, 2.24) is 4.57 Å². The fourth-order valence-corrected chi connectivity index (χ4v) is 1.51. The highest BCUT2D eigenvalue weighted by Gasteiger charge is 2.00. The van der Waals surface area contributed by atoms with Gasteiger partial charge in [0, 0.05) is 11.9 Å². The Morgan fingerprint density at radius 2 is 2.06 bits per heavy atom. The van der Waals surface area contributed by atoms with E-state index in [-0.39, 0.29) is 0 Å². The van der Waals surface area contributed by atoms with Crippen molar-refractivity contribution in [2.75, 3.05) is 6.61 Å². The molecule has 0 fully saturated rings. The minimum absolute atomic E-state index is 0.442. The van der Waals surface area contributed by atoms with Crippen molar-refractivity contribution in [3.05, 3.63) is 54.4 Å². The SMILES string of the molecule is O=C(O)CO/N=C/c1cccn1-c1ccccc1. The topological polar surface area (TPSA) is 63.8 Å². The number of carboxylic acids is 1. The standard InChI is InChI=1S/C13H12N2O3/c16-13(17)10-18-14-9-12-7-4-8-15(12)11-5-2-1-3-6-11/h1-9H,10H2,(H,16,17)/b14-9+. The molecule has 5 nitrogen and oxygen atoms in total. The Kier molecular flexibility index (Phi) is 3.76. The Morgan fingerprint density at radius 1 is 1.28 bits per heavy atom. The third-order valence-electron chi connectivity index (χ3n) is 2.26. The van der Waals surface area contributed by atoms with Gasteiger partial charge in [0.25, 0.3) is 0 Å². The van der Waals surface area contributed by atoms with Crippen LogP contribution >= 0.6 is 0 Å². The van der Waals surface area contributed by atoms with Gasteiger partial charge >= 0.3 is 5.97 Å². The summed E-state index contributed by atoms with van der Waals surface area (Å²) in [6, 6.07) is 13.5. The van der Waals surface area contributed by atoms with Crippen LogP contribution in [0.1, 0.15) is 5.69 Å². The lowest BCUT2D eigenvalue weighted by atomic mass is 10.3. The predicted octanol–water partition coefficient (Wildman–Crippen LogP) is 1.91. The van der Waals surface area contributed by atoms with Crippen molar-refractivity contribution in [3.63, 3.8) is 0 Å². The second kappa shape index (κ2) is 5.67. The summed E-state index contributed by atoms with van der Waals surface area (Å²) in [6.07, 6.45) is 3.38. The highest BCUT2D eigenvalue weighted by molar-refractivity contribution is 5.78. The monoisotopic (exact) mass is 244 g/mol. The van der Waals surface area contributed by atoms with E-state index in [1.165, 1.54) is 6.21 Å². The molecule has 0 aliphatic carbocycles. The van der Waals surface area contributed by atoms with E-state index in [0.29, 0.717) is 0 Å². The molecule has 0 atom stereocenters. The Balaban J connectivity index is 2.11. The van der Waals surface area contributed by atoms with E-state index in [2.05, 4.69) is 9.99 Å². The first-order valence-electron chi connectivity index (χ1n) is 5.37.